The molecule has 3 rings (SSSR count). The number of nitrogens with one attached hydrogen (secondary N) is 3. The van der Waals surface area contributed by atoms with E-state index in [1.807, 2.05) is 30.3 Å². The van der Waals surface area contributed by atoms with Crippen LogP contribution in [0.4, 0.5) is 5.82 Å². The average molecular weight is 242 g/mol. The van der Waals surface area contributed by atoms with E-state index in [0.29, 0.717) is 23.5 Å². The lowest BCUT2D eigenvalue weighted by molar-refractivity contribution is 0.953. The number of hydrogen-bond acceptors (Lipinski definition) is 5. The van der Waals surface area contributed by atoms with E-state index in [-0.39, 0.29) is 0 Å². The highest BCUT2D eigenvalue weighted by Gasteiger charge is 2.08. The Bertz CT molecular complexity index is 717. The first-order chi connectivity index (χ1) is 8.83. The molecule has 0 atom stereocenters. The van der Waals surface area contributed by atoms with E-state index in [1.54, 1.807) is 0 Å². The molecule has 3 aromatic rings. The number of aromatic nitrogens is 5. The Balaban J connectivity index is 1.91. The quantitative estimate of drug-likeness (QED) is 0.626. The molecule has 0 spiro atoms. The van der Waals surface area contributed by atoms with E-state index in [9.17, 15) is 4.79 Å². The SMILES string of the molecule is O=c1nc(NCc2ccccc2)c2n[nH]nc2[nH]1. The maximum atomic E-state index is 11.3. The van der Waals surface area contributed by atoms with Gasteiger partial charge >= 0.3 is 5.69 Å². The lowest BCUT2D eigenvalue weighted by Crippen LogP contribution is -2.14. The highest BCUT2D eigenvalue weighted by molar-refractivity contribution is 5.81. The maximum absolute atomic E-state index is 11.3. The molecular weight excluding hydrogens is 232 g/mol. The van der Waals surface area contributed by atoms with Crippen molar-refractivity contribution in [2.24, 2.45) is 0 Å². The average Bonchev–Trinajstić information content (AvgIpc) is 2.85. The summed E-state index contributed by atoms with van der Waals surface area (Å²) in [5, 5.41) is 13.3. The van der Waals surface area contributed by atoms with Crippen molar-refractivity contribution < 1.29 is 0 Å². The minimum atomic E-state index is -0.452. The normalized spacial score (nSPS) is 10.7. The molecule has 0 radical (unpaired) electrons. The summed E-state index contributed by atoms with van der Waals surface area (Å²) in [6.07, 6.45) is 0. The van der Waals surface area contributed by atoms with Gasteiger partial charge in [-0.25, -0.2) is 4.79 Å². The third kappa shape index (κ3) is 1.93. The van der Waals surface area contributed by atoms with Crippen molar-refractivity contribution >= 4 is 17.0 Å². The van der Waals surface area contributed by atoms with Crippen LogP contribution in [0.25, 0.3) is 11.2 Å². The fourth-order valence-electron chi connectivity index (χ4n) is 1.67. The largest absolute Gasteiger partial charge is 0.364 e. The first-order valence-corrected chi connectivity index (χ1v) is 5.41. The van der Waals surface area contributed by atoms with Crippen LogP contribution in [0.5, 0.6) is 0 Å². The monoisotopic (exact) mass is 242 g/mol. The molecule has 0 fully saturated rings. The Morgan fingerprint density at radius 3 is 2.83 bits per heavy atom. The number of aromatic amines is 2. The van der Waals surface area contributed by atoms with E-state index < -0.39 is 5.69 Å². The summed E-state index contributed by atoms with van der Waals surface area (Å²) in [4.78, 5) is 17.7. The van der Waals surface area contributed by atoms with Gasteiger partial charge < -0.3 is 5.32 Å². The van der Waals surface area contributed by atoms with Crippen molar-refractivity contribution in [2.45, 2.75) is 6.54 Å². The fourth-order valence-corrected chi connectivity index (χ4v) is 1.67. The number of benzene rings is 1. The minimum absolute atomic E-state index is 0.394. The van der Waals surface area contributed by atoms with E-state index in [2.05, 4.69) is 30.7 Å². The lowest BCUT2D eigenvalue weighted by atomic mass is 10.2. The number of anilines is 1. The number of fused-ring (bicyclic) bond motifs is 1. The molecule has 0 aliphatic carbocycles. The topological polar surface area (TPSA) is 99.3 Å². The van der Waals surface area contributed by atoms with Crippen LogP contribution in [0, 0.1) is 0 Å². The molecule has 0 amide bonds. The van der Waals surface area contributed by atoms with Crippen LogP contribution in [0.1, 0.15) is 5.56 Å². The van der Waals surface area contributed by atoms with Crippen LogP contribution >= 0.6 is 0 Å². The Labute approximate surface area is 101 Å². The maximum Gasteiger partial charge on any atom is 0.348 e. The highest BCUT2D eigenvalue weighted by Crippen LogP contribution is 2.12. The van der Waals surface area contributed by atoms with Crippen molar-refractivity contribution in [3.8, 4) is 0 Å². The molecular formula is C11H10N6O. The van der Waals surface area contributed by atoms with Crippen LogP contribution in [0.3, 0.4) is 0 Å². The molecule has 7 heteroatoms. The Morgan fingerprint density at radius 1 is 1.17 bits per heavy atom. The van der Waals surface area contributed by atoms with Gasteiger partial charge in [0.1, 0.15) is 0 Å². The number of rotatable bonds is 3. The van der Waals surface area contributed by atoms with Crippen LogP contribution < -0.4 is 11.0 Å². The Hall–Kier alpha value is -2.70. The second kappa shape index (κ2) is 4.28. The fraction of sp³-hybridized carbons (Fsp3) is 0.0909. The van der Waals surface area contributed by atoms with Gasteiger partial charge in [-0.1, -0.05) is 30.3 Å². The second-order valence-corrected chi connectivity index (χ2v) is 3.75. The predicted octanol–water partition coefficient (Wildman–Crippen LogP) is 0.653. The van der Waals surface area contributed by atoms with Gasteiger partial charge in [0.25, 0.3) is 0 Å². The van der Waals surface area contributed by atoms with Crippen LogP contribution in [0.2, 0.25) is 0 Å². The number of nitrogens with zero attached hydrogens (tertiary/aromatic N) is 3. The molecule has 0 aliphatic rings. The van der Waals surface area contributed by atoms with Gasteiger partial charge in [0, 0.05) is 6.54 Å². The van der Waals surface area contributed by atoms with Crippen molar-refractivity contribution in [3.63, 3.8) is 0 Å². The molecule has 90 valence electrons. The van der Waals surface area contributed by atoms with Crippen LogP contribution in [-0.2, 0) is 6.54 Å². The van der Waals surface area contributed by atoms with E-state index in [0.717, 1.165) is 5.56 Å². The second-order valence-electron chi connectivity index (χ2n) is 3.75. The molecule has 2 heterocycles. The summed E-state index contributed by atoms with van der Waals surface area (Å²) in [6, 6.07) is 9.83. The summed E-state index contributed by atoms with van der Waals surface area (Å²) >= 11 is 0. The summed E-state index contributed by atoms with van der Waals surface area (Å²) in [7, 11) is 0. The van der Waals surface area contributed by atoms with Gasteiger partial charge in [-0.2, -0.15) is 15.3 Å². The zero-order valence-electron chi connectivity index (χ0n) is 9.34. The van der Waals surface area contributed by atoms with E-state index in [4.69, 9.17) is 0 Å². The van der Waals surface area contributed by atoms with E-state index in [1.165, 1.54) is 0 Å². The van der Waals surface area contributed by atoms with Gasteiger partial charge in [-0.05, 0) is 5.56 Å². The smallest absolute Gasteiger partial charge is 0.348 e. The molecule has 0 bridgehead atoms. The van der Waals surface area contributed by atoms with Crippen LogP contribution in [-0.4, -0.2) is 25.4 Å². The third-order valence-electron chi connectivity index (χ3n) is 2.51. The summed E-state index contributed by atoms with van der Waals surface area (Å²) in [5.74, 6) is 0.423. The number of hydrogen-bond donors (Lipinski definition) is 3. The molecule has 0 saturated carbocycles. The standard InChI is InChI=1S/C11H10N6O/c18-11-13-9(8-10(14-11)16-17-15-8)12-6-7-4-2-1-3-5-7/h1-5H,6H2,(H3,12,13,14,15,16,17,18). The minimum Gasteiger partial charge on any atom is -0.364 e. The molecule has 0 aliphatic heterocycles. The lowest BCUT2D eigenvalue weighted by Gasteiger charge is -2.04. The Morgan fingerprint density at radius 2 is 2.00 bits per heavy atom. The van der Waals surface area contributed by atoms with Gasteiger partial charge in [0.05, 0.1) is 0 Å². The molecule has 3 N–H and O–H groups in total. The molecule has 18 heavy (non-hydrogen) atoms. The van der Waals surface area contributed by atoms with Gasteiger partial charge in [-0.15, -0.1) is 5.10 Å². The summed E-state index contributed by atoms with van der Waals surface area (Å²) in [5.41, 5.74) is 1.55. The predicted molar refractivity (Wildman–Crippen MR) is 66.1 cm³/mol. The Kier molecular flexibility index (Phi) is 2.49. The first kappa shape index (κ1) is 10.5. The van der Waals surface area contributed by atoms with Crippen molar-refractivity contribution in [3.05, 3.63) is 46.4 Å². The van der Waals surface area contributed by atoms with Crippen molar-refractivity contribution in [2.75, 3.05) is 5.32 Å². The van der Waals surface area contributed by atoms with Gasteiger partial charge in [-0.3, -0.25) is 4.98 Å². The summed E-state index contributed by atoms with van der Waals surface area (Å²) in [6.45, 7) is 0.569. The zero-order chi connectivity index (χ0) is 12.4. The third-order valence-corrected chi connectivity index (χ3v) is 2.51. The number of H-pyrrole nitrogens is 2. The van der Waals surface area contributed by atoms with Gasteiger partial charge in [0.15, 0.2) is 17.0 Å². The molecule has 1 aromatic carbocycles. The first-order valence-electron chi connectivity index (χ1n) is 5.41. The highest BCUT2D eigenvalue weighted by atomic mass is 16.1. The van der Waals surface area contributed by atoms with E-state index >= 15 is 0 Å². The molecule has 0 unspecified atom stereocenters. The summed E-state index contributed by atoms with van der Waals surface area (Å²) < 4.78 is 0. The van der Waals surface area contributed by atoms with Crippen molar-refractivity contribution in [1.29, 1.82) is 0 Å². The zero-order valence-corrected chi connectivity index (χ0v) is 9.34. The van der Waals surface area contributed by atoms with Crippen LogP contribution in [0.15, 0.2) is 35.1 Å². The molecule has 2 aromatic heterocycles. The molecule has 0 saturated heterocycles. The molecule has 7 nitrogen and oxygen atoms in total. The van der Waals surface area contributed by atoms with Gasteiger partial charge in [0.2, 0.25) is 0 Å². The van der Waals surface area contributed by atoms with Crippen molar-refractivity contribution in [1.82, 2.24) is 25.4 Å².